The third kappa shape index (κ3) is 3.46. The Bertz CT molecular complexity index is 667. The van der Waals surface area contributed by atoms with E-state index in [1.807, 2.05) is 0 Å². The maximum Gasteiger partial charge on any atom is 0.336 e. The van der Waals surface area contributed by atoms with Gasteiger partial charge in [0.2, 0.25) is 0 Å². The topological polar surface area (TPSA) is 74.6 Å². The summed E-state index contributed by atoms with van der Waals surface area (Å²) in [6.07, 6.45) is 0. The van der Waals surface area contributed by atoms with Crippen molar-refractivity contribution >= 4 is 32.7 Å². The Morgan fingerprint density at radius 1 is 1.15 bits per heavy atom. The summed E-state index contributed by atoms with van der Waals surface area (Å²) in [6.45, 7) is 0. The van der Waals surface area contributed by atoms with E-state index >= 15 is 0 Å². The number of carboxylic acid groups (broad SMARTS) is 1. The van der Waals surface area contributed by atoms with Crippen molar-refractivity contribution in [1.29, 1.82) is 0 Å². The van der Waals surface area contributed by atoms with Crippen LogP contribution in [0.3, 0.4) is 0 Å². The Morgan fingerprint density at radius 3 is 2.40 bits per heavy atom. The van der Waals surface area contributed by atoms with Crippen molar-refractivity contribution in [1.82, 2.24) is 0 Å². The molecule has 104 valence electrons. The van der Waals surface area contributed by atoms with E-state index in [-0.39, 0.29) is 17.1 Å². The smallest absolute Gasteiger partial charge is 0.336 e. The van der Waals surface area contributed by atoms with E-state index in [9.17, 15) is 14.1 Å². The Morgan fingerprint density at radius 2 is 1.80 bits per heavy atom. The van der Waals surface area contributed by atoms with Crippen molar-refractivity contribution in [3.05, 3.63) is 58.1 Å². The number of carbonyl (C=O) groups is 1. The van der Waals surface area contributed by atoms with Gasteiger partial charge in [0, 0.05) is 9.37 Å². The van der Waals surface area contributed by atoms with Crippen LogP contribution < -0.4 is 0 Å². The number of aromatic carboxylic acids is 1. The van der Waals surface area contributed by atoms with E-state index in [0.29, 0.717) is 9.37 Å². The van der Waals surface area contributed by atoms with Crippen molar-refractivity contribution in [2.45, 2.75) is 10.6 Å². The quantitative estimate of drug-likeness (QED) is 0.884. The van der Waals surface area contributed by atoms with Crippen LogP contribution in [-0.2, 0) is 16.6 Å². The lowest BCUT2D eigenvalue weighted by Gasteiger charge is -2.05. The molecule has 20 heavy (non-hydrogen) atoms. The van der Waals surface area contributed by atoms with Gasteiger partial charge in [-0.2, -0.15) is 0 Å². The standard InChI is InChI=1S/C14H11BrO4S/c15-13-6-5-11(7-12(13)14(17)18)20(19)8-9-1-3-10(16)4-2-9/h1-7,16H,8H2,(H,17,18). The van der Waals surface area contributed by atoms with Crippen molar-refractivity contribution in [2.75, 3.05) is 0 Å². The van der Waals surface area contributed by atoms with Gasteiger partial charge in [-0.15, -0.1) is 0 Å². The lowest BCUT2D eigenvalue weighted by atomic mass is 10.2. The van der Waals surface area contributed by atoms with Crippen LogP contribution in [0.1, 0.15) is 15.9 Å². The van der Waals surface area contributed by atoms with Crippen LogP contribution in [0.2, 0.25) is 0 Å². The Balaban J connectivity index is 2.23. The zero-order chi connectivity index (χ0) is 14.7. The van der Waals surface area contributed by atoms with Gasteiger partial charge in [0.05, 0.1) is 22.1 Å². The molecule has 0 spiro atoms. The summed E-state index contributed by atoms with van der Waals surface area (Å²) in [4.78, 5) is 11.5. The van der Waals surface area contributed by atoms with Gasteiger partial charge in [-0.3, -0.25) is 4.21 Å². The summed E-state index contributed by atoms with van der Waals surface area (Å²) >= 11 is 3.15. The average Bonchev–Trinajstić information content (AvgIpc) is 2.41. The molecule has 0 saturated carbocycles. The van der Waals surface area contributed by atoms with E-state index in [0.717, 1.165) is 5.56 Å². The highest BCUT2D eigenvalue weighted by atomic mass is 79.9. The first kappa shape index (κ1) is 14.7. The average molecular weight is 355 g/mol. The number of hydrogen-bond donors (Lipinski definition) is 2. The van der Waals surface area contributed by atoms with Gasteiger partial charge in [0.1, 0.15) is 5.75 Å². The Hall–Kier alpha value is -1.66. The van der Waals surface area contributed by atoms with Gasteiger partial charge in [-0.1, -0.05) is 12.1 Å². The number of phenolic OH excluding ortho intramolecular Hbond substituents is 1. The maximum atomic E-state index is 12.2. The molecular formula is C14H11BrO4S. The molecular weight excluding hydrogens is 344 g/mol. The monoisotopic (exact) mass is 354 g/mol. The van der Waals surface area contributed by atoms with Crippen molar-refractivity contribution in [2.24, 2.45) is 0 Å². The fourth-order valence-electron chi connectivity index (χ4n) is 1.64. The summed E-state index contributed by atoms with van der Waals surface area (Å²) in [5.41, 5.74) is 0.891. The van der Waals surface area contributed by atoms with Crippen LogP contribution in [-0.4, -0.2) is 20.4 Å². The van der Waals surface area contributed by atoms with E-state index < -0.39 is 16.8 Å². The van der Waals surface area contributed by atoms with Gasteiger partial charge in [0.15, 0.2) is 0 Å². The summed E-state index contributed by atoms with van der Waals surface area (Å²) in [5.74, 6) is -0.655. The van der Waals surface area contributed by atoms with Gasteiger partial charge in [0.25, 0.3) is 0 Å². The molecule has 0 amide bonds. The number of phenols is 1. The molecule has 0 bridgehead atoms. The van der Waals surface area contributed by atoms with Crippen LogP contribution in [0.25, 0.3) is 0 Å². The highest BCUT2D eigenvalue weighted by molar-refractivity contribution is 9.10. The highest BCUT2D eigenvalue weighted by Crippen LogP contribution is 2.22. The van der Waals surface area contributed by atoms with Crippen LogP contribution in [0, 0.1) is 0 Å². The molecule has 0 aliphatic rings. The maximum absolute atomic E-state index is 12.2. The zero-order valence-corrected chi connectivity index (χ0v) is 12.6. The van der Waals surface area contributed by atoms with Crippen LogP contribution in [0.5, 0.6) is 5.75 Å². The number of benzene rings is 2. The normalized spacial score (nSPS) is 12.1. The minimum absolute atomic E-state index is 0.0848. The summed E-state index contributed by atoms with van der Waals surface area (Å²) in [7, 11) is -1.34. The molecule has 0 aliphatic carbocycles. The number of hydrogen-bond acceptors (Lipinski definition) is 3. The molecule has 2 aromatic rings. The third-order valence-electron chi connectivity index (χ3n) is 2.67. The minimum Gasteiger partial charge on any atom is -0.508 e. The van der Waals surface area contributed by atoms with E-state index in [1.54, 1.807) is 24.3 Å². The molecule has 0 saturated heterocycles. The molecule has 2 aromatic carbocycles. The molecule has 0 heterocycles. The SMILES string of the molecule is O=C(O)c1cc(S(=O)Cc2ccc(O)cc2)ccc1Br. The Kier molecular flexibility index (Phi) is 4.57. The molecule has 0 fully saturated rings. The van der Waals surface area contributed by atoms with Gasteiger partial charge in [-0.25, -0.2) is 4.79 Å². The fourth-order valence-corrected chi connectivity index (χ4v) is 3.18. The van der Waals surface area contributed by atoms with Crippen molar-refractivity contribution in [3.8, 4) is 5.75 Å². The molecule has 2 N–H and O–H groups in total. The summed E-state index contributed by atoms with van der Waals surface area (Å²) < 4.78 is 12.7. The van der Waals surface area contributed by atoms with Crippen LogP contribution in [0.4, 0.5) is 0 Å². The lowest BCUT2D eigenvalue weighted by Crippen LogP contribution is -2.02. The minimum atomic E-state index is -1.34. The van der Waals surface area contributed by atoms with Crippen molar-refractivity contribution < 1.29 is 19.2 Å². The molecule has 6 heteroatoms. The molecule has 1 atom stereocenters. The van der Waals surface area contributed by atoms with E-state index in [1.165, 1.54) is 18.2 Å². The number of halogens is 1. The molecule has 4 nitrogen and oxygen atoms in total. The second-order valence-electron chi connectivity index (χ2n) is 4.10. The predicted octanol–water partition coefficient (Wildman–Crippen LogP) is 3.16. The predicted molar refractivity (Wildman–Crippen MR) is 79.3 cm³/mol. The lowest BCUT2D eigenvalue weighted by molar-refractivity contribution is 0.0695. The van der Waals surface area contributed by atoms with Crippen molar-refractivity contribution in [3.63, 3.8) is 0 Å². The first-order valence-electron chi connectivity index (χ1n) is 5.66. The first-order chi connectivity index (χ1) is 9.47. The number of aromatic hydroxyl groups is 1. The number of rotatable bonds is 4. The fraction of sp³-hybridized carbons (Fsp3) is 0.0714. The third-order valence-corrected chi connectivity index (χ3v) is 4.73. The molecule has 0 aliphatic heterocycles. The molecule has 0 radical (unpaired) electrons. The Labute approximate surface area is 126 Å². The van der Waals surface area contributed by atoms with Crippen LogP contribution in [0.15, 0.2) is 51.8 Å². The molecule has 0 aromatic heterocycles. The number of carboxylic acids is 1. The van der Waals surface area contributed by atoms with Crippen LogP contribution >= 0.6 is 15.9 Å². The zero-order valence-electron chi connectivity index (χ0n) is 10.2. The second-order valence-corrected chi connectivity index (χ2v) is 6.41. The van der Waals surface area contributed by atoms with E-state index in [2.05, 4.69) is 15.9 Å². The first-order valence-corrected chi connectivity index (χ1v) is 7.77. The largest absolute Gasteiger partial charge is 0.508 e. The molecule has 2 rings (SSSR count). The molecule has 1 unspecified atom stereocenters. The second kappa shape index (κ2) is 6.19. The van der Waals surface area contributed by atoms with Gasteiger partial charge >= 0.3 is 5.97 Å². The van der Waals surface area contributed by atoms with Gasteiger partial charge in [-0.05, 0) is 51.8 Å². The summed E-state index contributed by atoms with van der Waals surface area (Å²) in [5, 5.41) is 18.2. The highest BCUT2D eigenvalue weighted by Gasteiger charge is 2.12. The van der Waals surface area contributed by atoms with Gasteiger partial charge < -0.3 is 10.2 Å². The van der Waals surface area contributed by atoms with E-state index in [4.69, 9.17) is 5.11 Å². The summed E-state index contributed by atoms with van der Waals surface area (Å²) in [6, 6.07) is 11.0.